The van der Waals surface area contributed by atoms with E-state index in [9.17, 15) is 24.5 Å². The summed E-state index contributed by atoms with van der Waals surface area (Å²) in [6.45, 7) is 3.31. The van der Waals surface area contributed by atoms with E-state index in [-0.39, 0.29) is 34.7 Å². The maximum absolute atomic E-state index is 13.8. The van der Waals surface area contributed by atoms with E-state index in [1.54, 1.807) is 39.8 Å². The summed E-state index contributed by atoms with van der Waals surface area (Å²) in [6, 6.07) is 18.1. The zero-order valence-electron chi connectivity index (χ0n) is 20.3. The summed E-state index contributed by atoms with van der Waals surface area (Å²) in [5.41, 5.74) is 2.62. The van der Waals surface area contributed by atoms with E-state index in [1.165, 1.54) is 24.3 Å². The Hall–Kier alpha value is -4.53. The van der Waals surface area contributed by atoms with Crippen molar-refractivity contribution in [2.24, 2.45) is 5.92 Å². The topological polar surface area (TPSA) is 115 Å². The predicted octanol–water partition coefficient (Wildman–Crippen LogP) is 3.48. The zero-order chi connectivity index (χ0) is 26.1. The Labute approximate surface area is 213 Å². The van der Waals surface area contributed by atoms with E-state index in [2.05, 4.69) is 5.32 Å². The third-order valence-electron chi connectivity index (χ3n) is 6.95. The van der Waals surface area contributed by atoms with Crippen molar-refractivity contribution in [2.75, 3.05) is 13.1 Å². The number of hydrogen-bond donors (Lipinski definition) is 1. The molecule has 5 rings (SSSR count). The van der Waals surface area contributed by atoms with Gasteiger partial charge in [-0.1, -0.05) is 35.9 Å². The minimum atomic E-state index is -0.505. The highest BCUT2D eigenvalue weighted by atomic mass is 16.6. The molecule has 0 aliphatic carbocycles. The number of aryl methyl sites for hydroxylation is 1. The molecule has 0 radical (unpaired) electrons. The predicted molar refractivity (Wildman–Crippen MR) is 138 cm³/mol. The van der Waals surface area contributed by atoms with Crippen molar-refractivity contribution >= 4 is 23.6 Å². The number of hydrogen-bond acceptors (Lipinski definition) is 5. The molecular formula is C28H26N4O5. The van der Waals surface area contributed by atoms with Crippen LogP contribution in [0.4, 0.5) is 5.69 Å². The fourth-order valence-electron chi connectivity index (χ4n) is 5.18. The largest absolute Gasteiger partial charge is 0.336 e. The van der Waals surface area contributed by atoms with Crippen LogP contribution in [0.15, 0.2) is 77.2 Å². The number of non-ortho nitro benzene ring substituents is 1. The normalized spacial score (nSPS) is 18.6. The fourth-order valence-corrected chi connectivity index (χ4v) is 5.18. The van der Waals surface area contributed by atoms with E-state index >= 15 is 0 Å². The van der Waals surface area contributed by atoms with Gasteiger partial charge in [-0.15, -0.1) is 0 Å². The van der Waals surface area contributed by atoms with Crippen LogP contribution < -0.4 is 10.9 Å². The molecule has 2 atom stereocenters. The monoisotopic (exact) mass is 498 g/mol. The molecule has 9 nitrogen and oxygen atoms in total. The lowest BCUT2D eigenvalue weighted by atomic mass is 9.83. The van der Waals surface area contributed by atoms with Crippen molar-refractivity contribution in [3.05, 3.63) is 115 Å². The van der Waals surface area contributed by atoms with Crippen LogP contribution in [0.25, 0.3) is 6.08 Å². The van der Waals surface area contributed by atoms with Gasteiger partial charge in [0.1, 0.15) is 5.70 Å². The van der Waals surface area contributed by atoms with Crippen molar-refractivity contribution < 1.29 is 14.5 Å². The smallest absolute Gasteiger partial charge is 0.270 e. The van der Waals surface area contributed by atoms with Gasteiger partial charge in [0.25, 0.3) is 23.1 Å². The molecule has 2 aromatic carbocycles. The Balaban J connectivity index is 1.46. The van der Waals surface area contributed by atoms with Crippen molar-refractivity contribution in [2.45, 2.75) is 25.8 Å². The highest BCUT2D eigenvalue weighted by molar-refractivity contribution is 6.05. The molecule has 37 heavy (non-hydrogen) atoms. The van der Waals surface area contributed by atoms with Crippen LogP contribution in [0.3, 0.4) is 0 Å². The number of aromatic nitrogens is 1. The molecular weight excluding hydrogens is 472 g/mol. The number of benzene rings is 2. The van der Waals surface area contributed by atoms with Crippen molar-refractivity contribution in [1.82, 2.24) is 14.8 Å². The Bertz CT molecular complexity index is 1470. The van der Waals surface area contributed by atoms with Crippen LogP contribution in [0, 0.1) is 23.0 Å². The average Bonchev–Trinajstić information content (AvgIpc) is 2.89. The summed E-state index contributed by atoms with van der Waals surface area (Å²) in [4.78, 5) is 51.7. The van der Waals surface area contributed by atoms with Crippen LogP contribution in [0.2, 0.25) is 0 Å². The van der Waals surface area contributed by atoms with Crippen LogP contribution in [0.1, 0.15) is 39.5 Å². The van der Waals surface area contributed by atoms with Gasteiger partial charge in [-0.25, -0.2) is 0 Å². The number of carbonyl (C=O) groups is 2. The SMILES string of the molecule is Cc1ccc(C(=O)NC(=Cc2cccc([N+](=O)[O-])c2)C(=O)N2CC3CC(C2)c2cccc(=O)n2C3)cc1. The molecule has 1 saturated heterocycles. The van der Waals surface area contributed by atoms with Crippen molar-refractivity contribution in [3.8, 4) is 0 Å². The number of carbonyl (C=O) groups excluding carboxylic acids is 2. The second-order valence-electron chi connectivity index (χ2n) is 9.64. The zero-order valence-corrected chi connectivity index (χ0v) is 20.3. The molecule has 188 valence electrons. The van der Waals surface area contributed by atoms with Gasteiger partial charge in [-0.2, -0.15) is 0 Å². The summed E-state index contributed by atoms with van der Waals surface area (Å²) >= 11 is 0. The van der Waals surface area contributed by atoms with Gasteiger partial charge in [0, 0.05) is 55.0 Å². The number of nitrogens with zero attached hydrogens (tertiary/aromatic N) is 3. The fraction of sp³-hybridized carbons (Fsp3) is 0.250. The molecule has 3 aromatic rings. The Morgan fingerprint density at radius 1 is 1.03 bits per heavy atom. The molecule has 2 unspecified atom stereocenters. The first-order valence-corrected chi connectivity index (χ1v) is 12.1. The lowest BCUT2D eigenvalue weighted by Crippen LogP contribution is -2.50. The van der Waals surface area contributed by atoms with Gasteiger partial charge < -0.3 is 14.8 Å². The minimum Gasteiger partial charge on any atom is -0.336 e. The van der Waals surface area contributed by atoms with E-state index in [0.29, 0.717) is 30.8 Å². The minimum absolute atomic E-state index is 0.0113. The lowest BCUT2D eigenvalue weighted by Gasteiger charge is -2.43. The van der Waals surface area contributed by atoms with Gasteiger partial charge in [0.2, 0.25) is 0 Å². The quantitative estimate of drug-likeness (QED) is 0.329. The molecule has 2 aliphatic rings. The molecule has 0 saturated carbocycles. The van der Waals surface area contributed by atoms with Crippen LogP contribution >= 0.6 is 0 Å². The van der Waals surface area contributed by atoms with Crippen LogP contribution in [-0.4, -0.2) is 39.3 Å². The lowest BCUT2D eigenvalue weighted by molar-refractivity contribution is -0.384. The molecule has 1 fully saturated rings. The van der Waals surface area contributed by atoms with E-state index < -0.39 is 10.8 Å². The van der Waals surface area contributed by atoms with Crippen LogP contribution in [-0.2, 0) is 11.3 Å². The van der Waals surface area contributed by atoms with E-state index in [4.69, 9.17) is 0 Å². The summed E-state index contributed by atoms with van der Waals surface area (Å²) in [7, 11) is 0. The number of piperidine rings is 1. The Morgan fingerprint density at radius 3 is 2.54 bits per heavy atom. The average molecular weight is 499 g/mol. The summed E-state index contributed by atoms with van der Waals surface area (Å²) in [5, 5.41) is 14.0. The summed E-state index contributed by atoms with van der Waals surface area (Å²) in [6.07, 6.45) is 2.36. The highest BCUT2D eigenvalue weighted by Gasteiger charge is 2.37. The van der Waals surface area contributed by atoms with Gasteiger partial charge in [-0.3, -0.25) is 24.5 Å². The second-order valence-corrected chi connectivity index (χ2v) is 9.64. The number of amides is 2. The van der Waals surface area contributed by atoms with Gasteiger partial charge in [0.15, 0.2) is 0 Å². The summed E-state index contributed by atoms with van der Waals surface area (Å²) in [5.74, 6) is -0.688. The molecule has 0 spiro atoms. The third-order valence-corrected chi connectivity index (χ3v) is 6.95. The number of nitrogens with one attached hydrogen (secondary N) is 1. The number of pyridine rings is 1. The molecule has 1 N–H and O–H groups in total. The summed E-state index contributed by atoms with van der Waals surface area (Å²) < 4.78 is 1.79. The number of nitro groups is 1. The first-order chi connectivity index (χ1) is 17.8. The van der Waals surface area contributed by atoms with Gasteiger partial charge >= 0.3 is 0 Å². The maximum Gasteiger partial charge on any atom is 0.270 e. The second kappa shape index (κ2) is 9.85. The first kappa shape index (κ1) is 24.2. The number of rotatable bonds is 5. The number of likely N-dealkylation sites (tertiary alicyclic amines) is 1. The molecule has 1 aromatic heterocycles. The molecule has 2 amide bonds. The van der Waals surface area contributed by atoms with E-state index in [0.717, 1.165) is 17.7 Å². The molecule has 2 bridgehead atoms. The molecule has 9 heteroatoms. The Morgan fingerprint density at radius 2 is 1.78 bits per heavy atom. The molecule has 2 aliphatic heterocycles. The molecule has 3 heterocycles. The van der Waals surface area contributed by atoms with E-state index in [1.807, 2.05) is 25.1 Å². The van der Waals surface area contributed by atoms with Crippen LogP contribution in [0.5, 0.6) is 0 Å². The standard InChI is InChI=1S/C28H26N4O5/c1-18-8-10-21(11-9-18)27(34)29-24(14-19-4-2-5-23(13-19)32(36)37)28(35)30-15-20-12-22(17-30)25-6-3-7-26(33)31(25)16-20/h2-11,13-14,20,22H,12,15-17H2,1H3,(H,29,34). The van der Waals surface area contributed by atoms with Crippen molar-refractivity contribution in [1.29, 1.82) is 0 Å². The maximum atomic E-state index is 13.8. The van der Waals surface area contributed by atoms with Gasteiger partial charge in [-0.05, 0) is 49.1 Å². The highest BCUT2D eigenvalue weighted by Crippen LogP contribution is 2.35. The third kappa shape index (κ3) is 5.06. The number of nitro benzene ring substituents is 1. The number of fused-ring (bicyclic) bond motifs is 4. The van der Waals surface area contributed by atoms with Gasteiger partial charge in [0.05, 0.1) is 4.92 Å². The Kier molecular flexibility index (Phi) is 6.43. The first-order valence-electron chi connectivity index (χ1n) is 12.1. The van der Waals surface area contributed by atoms with Crippen molar-refractivity contribution in [3.63, 3.8) is 0 Å².